The minimum Gasteiger partial charge on any atom is -0.481 e. The number of carbonyl (C=O) groups is 2. The Hall–Kier alpha value is -2.04. The highest BCUT2D eigenvalue weighted by atomic mass is 16.4. The summed E-state index contributed by atoms with van der Waals surface area (Å²) in [6.45, 7) is 9.45. The van der Waals surface area contributed by atoms with Crippen LogP contribution >= 0.6 is 0 Å². The molecule has 0 spiro atoms. The standard InChI is InChI=1S/C19H28N2O3/c1-12(2)15-6-5-7-16(13(3)4)17(15)20-19(24)21-10-8-14(9-11-21)18(22)23/h5-7,12-14H,8-11H2,1-4H3,(H,20,24)(H,22,23). The molecule has 24 heavy (non-hydrogen) atoms. The Morgan fingerprint density at radius 3 is 2.00 bits per heavy atom. The minimum atomic E-state index is -0.762. The van der Waals surface area contributed by atoms with Crippen molar-refractivity contribution in [2.75, 3.05) is 18.4 Å². The molecule has 0 atom stereocenters. The Morgan fingerprint density at radius 1 is 1.08 bits per heavy atom. The van der Waals surface area contributed by atoms with E-state index in [2.05, 4.69) is 45.1 Å². The lowest BCUT2D eigenvalue weighted by Crippen LogP contribution is -2.42. The van der Waals surface area contributed by atoms with Gasteiger partial charge in [0.25, 0.3) is 0 Å². The fraction of sp³-hybridized carbons (Fsp3) is 0.579. The molecular weight excluding hydrogens is 304 g/mol. The maximum atomic E-state index is 12.7. The zero-order valence-corrected chi connectivity index (χ0v) is 15.0. The van der Waals surface area contributed by atoms with Crippen LogP contribution in [0.3, 0.4) is 0 Å². The van der Waals surface area contributed by atoms with Crippen LogP contribution in [0.15, 0.2) is 18.2 Å². The third-order valence-electron chi connectivity index (χ3n) is 4.74. The van der Waals surface area contributed by atoms with E-state index in [9.17, 15) is 9.59 Å². The van der Waals surface area contributed by atoms with Crippen molar-refractivity contribution < 1.29 is 14.7 Å². The summed E-state index contributed by atoms with van der Waals surface area (Å²) in [5.74, 6) is -0.459. The summed E-state index contributed by atoms with van der Waals surface area (Å²) in [4.78, 5) is 25.4. The molecule has 1 aromatic rings. The molecule has 2 amide bonds. The van der Waals surface area contributed by atoms with E-state index in [-0.39, 0.29) is 11.9 Å². The molecule has 2 rings (SSSR count). The first-order valence-electron chi connectivity index (χ1n) is 8.72. The van der Waals surface area contributed by atoms with Crippen molar-refractivity contribution in [1.29, 1.82) is 0 Å². The van der Waals surface area contributed by atoms with E-state index >= 15 is 0 Å². The number of likely N-dealkylation sites (tertiary alicyclic amines) is 1. The molecule has 0 bridgehead atoms. The molecule has 1 aromatic carbocycles. The van der Waals surface area contributed by atoms with Gasteiger partial charge in [-0.25, -0.2) is 4.79 Å². The van der Waals surface area contributed by atoms with E-state index in [0.717, 1.165) is 16.8 Å². The first kappa shape index (κ1) is 18.3. The van der Waals surface area contributed by atoms with Crippen LogP contribution in [0.1, 0.15) is 63.5 Å². The predicted octanol–water partition coefficient (Wildman–Crippen LogP) is 4.26. The van der Waals surface area contributed by atoms with Crippen molar-refractivity contribution in [3.8, 4) is 0 Å². The smallest absolute Gasteiger partial charge is 0.321 e. The Labute approximate surface area is 144 Å². The minimum absolute atomic E-state index is 0.131. The van der Waals surface area contributed by atoms with Crippen molar-refractivity contribution in [2.24, 2.45) is 5.92 Å². The number of urea groups is 1. The van der Waals surface area contributed by atoms with Gasteiger partial charge in [0.15, 0.2) is 0 Å². The highest BCUT2D eigenvalue weighted by Gasteiger charge is 2.27. The zero-order chi connectivity index (χ0) is 17.9. The molecule has 0 aromatic heterocycles. The fourth-order valence-electron chi connectivity index (χ4n) is 3.21. The largest absolute Gasteiger partial charge is 0.481 e. The van der Waals surface area contributed by atoms with Gasteiger partial charge in [-0.3, -0.25) is 4.79 Å². The van der Waals surface area contributed by atoms with E-state index in [1.54, 1.807) is 4.90 Å². The Balaban J connectivity index is 2.16. The van der Waals surface area contributed by atoms with Crippen LogP contribution in [0.4, 0.5) is 10.5 Å². The lowest BCUT2D eigenvalue weighted by atomic mass is 9.92. The molecule has 0 unspecified atom stereocenters. The molecule has 0 aliphatic carbocycles. The third-order valence-corrected chi connectivity index (χ3v) is 4.74. The number of aliphatic carboxylic acids is 1. The monoisotopic (exact) mass is 332 g/mol. The normalized spacial score (nSPS) is 15.8. The number of hydrogen-bond donors (Lipinski definition) is 2. The Bertz CT molecular complexity index is 576. The number of amides is 2. The Morgan fingerprint density at radius 2 is 1.58 bits per heavy atom. The number of carboxylic acids is 1. The summed E-state index contributed by atoms with van der Waals surface area (Å²) in [7, 11) is 0. The maximum Gasteiger partial charge on any atom is 0.321 e. The number of rotatable bonds is 4. The van der Waals surface area contributed by atoms with Crippen LogP contribution in [0.25, 0.3) is 0 Å². The number of piperidine rings is 1. The number of nitrogens with zero attached hydrogens (tertiary/aromatic N) is 1. The number of carboxylic acid groups (broad SMARTS) is 1. The van der Waals surface area contributed by atoms with Crippen LogP contribution in [-0.2, 0) is 4.79 Å². The first-order chi connectivity index (χ1) is 11.3. The zero-order valence-electron chi connectivity index (χ0n) is 15.0. The molecule has 1 saturated heterocycles. The number of anilines is 1. The van der Waals surface area contributed by atoms with Crippen LogP contribution < -0.4 is 5.32 Å². The number of hydrogen-bond acceptors (Lipinski definition) is 2. The van der Waals surface area contributed by atoms with E-state index in [1.165, 1.54) is 0 Å². The molecule has 5 nitrogen and oxygen atoms in total. The van der Waals surface area contributed by atoms with Crippen molar-refractivity contribution in [1.82, 2.24) is 4.90 Å². The van der Waals surface area contributed by atoms with Gasteiger partial charge in [-0.15, -0.1) is 0 Å². The summed E-state index contributed by atoms with van der Waals surface area (Å²) in [5.41, 5.74) is 3.18. The van der Waals surface area contributed by atoms with Crippen LogP contribution in [0.2, 0.25) is 0 Å². The van der Waals surface area contributed by atoms with Gasteiger partial charge in [0.1, 0.15) is 0 Å². The molecule has 1 aliphatic rings. The summed E-state index contributed by atoms with van der Waals surface area (Å²) in [6, 6.07) is 6.03. The number of para-hydroxylation sites is 1. The topological polar surface area (TPSA) is 69.6 Å². The molecular formula is C19H28N2O3. The van der Waals surface area contributed by atoms with Crippen LogP contribution in [0.5, 0.6) is 0 Å². The van der Waals surface area contributed by atoms with Crippen molar-refractivity contribution >= 4 is 17.7 Å². The summed E-state index contributed by atoms with van der Waals surface area (Å²) < 4.78 is 0. The number of nitrogens with one attached hydrogen (secondary N) is 1. The molecule has 2 N–H and O–H groups in total. The molecule has 132 valence electrons. The highest BCUT2D eigenvalue weighted by molar-refractivity contribution is 5.91. The summed E-state index contributed by atoms with van der Waals surface area (Å²) in [5, 5.41) is 12.2. The van der Waals surface area contributed by atoms with Crippen LogP contribution in [0, 0.1) is 5.92 Å². The van der Waals surface area contributed by atoms with Crippen molar-refractivity contribution in [3.63, 3.8) is 0 Å². The number of benzene rings is 1. The van der Waals surface area contributed by atoms with Gasteiger partial charge >= 0.3 is 12.0 Å². The lowest BCUT2D eigenvalue weighted by molar-refractivity contribution is -0.143. The highest BCUT2D eigenvalue weighted by Crippen LogP contribution is 2.32. The van der Waals surface area contributed by atoms with E-state index in [1.807, 2.05) is 6.07 Å². The first-order valence-corrected chi connectivity index (χ1v) is 8.72. The molecule has 0 radical (unpaired) electrons. The van der Waals surface area contributed by atoms with Crippen LogP contribution in [-0.4, -0.2) is 35.1 Å². The average Bonchev–Trinajstić information content (AvgIpc) is 2.54. The van der Waals surface area contributed by atoms with Crippen molar-refractivity contribution in [2.45, 2.75) is 52.4 Å². The summed E-state index contributed by atoms with van der Waals surface area (Å²) in [6.07, 6.45) is 1.04. The van der Waals surface area contributed by atoms with Gasteiger partial charge in [-0.2, -0.15) is 0 Å². The van der Waals surface area contributed by atoms with Gasteiger partial charge in [0.05, 0.1) is 5.92 Å². The molecule has 1 fully saturated rings. The van der Waals surface area contributed by atoms with E-state index in [0.29, 0.717) is 37.8 Å². The van der Waals surface area contributed by atoms with E-state index < -0.39 is 5.97 Å². The quantitative estimate of drug-likeness (QED) is 0.865. The van der Waals surface area contributed by atoms with Gasteiger partial charge in [-0.1, -0.05) is 45.9 Å². The lowest BCUT2D eigenvalue weighted by Gasteiger charge is -2.31. The van der Waals surface area contributed by atoms with E-state index in [4.69, 9.17) is 5.11 Å². The van der Waals surface area contributed by atoms with Gasteiger partial charge < -0.3 is 15.3 Å². The molecule has 1 heterocycles. The maximum absolute atomic E-state index is 12.7. The fourth-order valence-corrected chi connectivity index (χ4v) is 3.21. The SMILES string of the molecule is CC(C)c1cccc(C(C)C)c1NC(=O)N1CCC(C(=O)O)CC1. The van der Waals surface area contributed by atoms with Gasteiger partial charge in [0.2, 0.25) is 0 Å². The molecule has 5 heteroatoms. The van der Waals surface area contributed by atoms with Gasteiger partial charge in [0, 0.05) is 18.8 Å². The molecule has 0 saturated carbocycles. The second-order valence-corrected chi connectivity index (χ2v) is 7.15. The number of carbonyl (C=O) groups excluding carboxylic acids is 1. The summed E-state index contributed by atoms with van der Waals surface area (Å²) >= 11 is 0. The Kier molecular flexibility index (Phi) is 5.86. The third kappa shape index (κ3) is 4.08. The predicted molar refractivity (Wildman–Crippen MR) is 95.6 cm³/mol. The average molecular weight is 332 g/mol. The second-order valence-electron chi connectivity index (χ2n) is 7.15. The van der Waals surface area contributed by atoms with Gasteiger partial charge in [-0.05, 0) is 35.8 Å². The second kappa shape index (κ2) is 7.69. The molecule has 1 aliphatic heterocycles. The van der Waals surface area contributed by atoms with Crippen molar-refractivity contribution in [3.05, 3.63) is 29.3 Å².